The van der Waals surface area contributed by atoms with E-state index < -0.39 is 102 Å². The molecule has 3 aromatic carbocycles. The summed E-state index contributed by atoms with van der Waals surface area (Å²) in [5.74, 6) is -5.50. The van der Waals surface area contributed by atoms with E-state index in [1.165, 1.54) is 0 Å². The number of carboxylic acids is 1. The predicted octanol–water partition coefficient (Wildman–Crippen LogP) is 2.22. The lowest BCUT2D eigenvalue weighted by Gasteiger charge is -2.13. The summed E-state index contributed by atoms with van der Waals surface area (Å²) in [6.45, 7) is 0. The Bertz CT molecular complexity index is 2230. The number of benzene rings is 3. The van der Waals surface area contributed by atoms with Crippen molar-refractivity contribution >= 4 is 75.8 Å². The minimum Gasteiger partial charge on any atom is -0.505 e. The molecule has 0 amide bonds. The highest BCUT2D eigenvalue weighted by atomic mass is 32.2. The third-order valence-electron chi connectivity index (χ3n) is 5.24. The summed E-state index contributed by atoms with van der Waals surface area (Å²) in [5, 5.41) is 48.4. The summed E-state index contributed by atoms with van der Waals surface area (Å²) < 4.78 is 101. The molecule has 0 atom stereocenters. The monoisotopic (exact) mass is 658 g/mol. The number of nitrogens with two attached hydrogens (primary N) is 1. The van der Waals surface area contributed by atoms with Crippen LogP contribution < -0.4 is 5.73 Å². The molecule has 0 aliphatic heterocycles. The lowest BCUT2D eigenvalue weighted by Crippen LogP contribution is -2.02. The second-order valence-electron chi connectivity index (χ2n) is 8.08. The van der Waals surface area contributed by atoms with Crippen molar-refractivity contribution in [2.24, 2.45) is 20.5 Å². The van der Waals surface area contributed by atoms with Crippen LogP contribution in [0.5, 0.6) is 11.5 Å². The van der Waals surface area contributed by atoms with E-state index in [4.69, 9.17) is 10.8 Å². The topological polar surface area (TPSA) is 358 Å². The molecule has 0 aliphatic rings. The van der Waals surface area contributed by atoms with Gasteiger partial charge in [0.2, 0.25) is 5.82 Å². The molecule has 0 radical (unpaired) electrons. The minimum absolute atomic E-state index is 0.135. The van der Waals surface area contributed by atoms with E-state index in [1.54, 1.807) is 0 Å². The van der Waals surface area contributed by atoms with Crippen LogP contribution in [0.2, 0.25) is 0 Å². The average Bonchev–Trinajstić information content (AvgIpc) is 3.35. The summed E-state index contributed by atoms with van der Waals surface area (Å²) in [6.07, 6.45) is 0. The molecule has 1 heterocycles. The van der Waals surface area contributed by atoms with E-state index in [0.29, 0.717) is 12.1 Å². The van der Waals surface area contributed by atoms with Gasteiger partial charge < -0.3 is 21.1 Å². The standard InChI is InChI=1S/C19H14N8O13S3/c20-7-1-2-8(9(5-7)41(32,33)34)22-23-13-10(42(35,36)37)3-6-4-11(43(38,39)40)14(16(29)12(6)15(13)28)24-26-19-21-17(18(30)31)25-27-19/h1-5,28-29H,20H2,(H,30,31)(H,21,25,27)(H,32,33,34)(H,35,36,37)(H,38,39,40). The van der Waals surface area contributed by atoms with Crippen molar-refractivity contribution < 1.29 is 59.0 Å². The van der Waals surface area contributed by atoms with Gasteiger partial charge in [0.05, 0.1) is 5.39 Å². The van der Waals surface area contributed by atoms with Crippen LogP contribution >= 0.6 is 0 Å². The highest BCUT2D eigenvalue weighted by molar-refractivity contribution is 7.86. The Balaban J connectivity index is 2.03. The zero-order valence-electron chi connectivity index (χ0n) is 20.4. The Hall–Kier alpha value is -5.14. The van der Waals surface area contributed by atoms with E-state index in [1.807, 2.05) is 5.10 Å². The molecule has 226 valence electrons. The molecule has 0 saturated heterocycles. The van der Waals surface area contributed by atoms with Crippen molar-refractivity contribution in [3.63, 3.8) is 0 Å². The maximum Gasteiger partial charge on any atom is 0.373 e. The number of hydrogen-bond acceptors (Lipinski definition) is 16. The molecule has 0 unspecified atom stereocenters. The number of aromatic hydroxyl groups is 2. The Kier molecular flexibility index (Phi) is 7.60. The number of aromatic carboxylic acids is 1. The number of nitrogen functional groups attached to an aromatic ring is 1. The van der Waals surface area contributed by atoms with Crippen LogP contribution in [0.3, 0.4) is 0 Å². The molecule has 0 fully saturated rings. The van der Waals surface area contributed by atoms with Crippen LogP contribution in [0.4, 0.5) is 28.7 Å². The van der Waals surface area contributed by atoms with Gasteiger partial charge in [0.1, 0.15) is 31.7 Å². The second-order valence-corrected chi connectivity index (χ2v) is 12.3. The van der Waals surface area contributed by atoms with Gasteiger partial charge in [-0.05, 0) is 35.7 Å². The Morgan fingerprint density at radius 2 is 1.28 bits per heavy atom. The lowest BCUT2D eigenvalue weighted by atomic mass is 10.1. The fourth-order valence-corrected chi connectivity index (χ4v) is 5.43. The van der Waals surface area contributed by atoms with Crippen molar-refractivity contribution in [2.75, 3.05) is 5.73 Å². The third-order valence-corrected chi connectivity index (χ3v) is 7.86. The van der Waals surface area contributed by atoms with Crippen LogP contribution in [-0.4, -0.2) is 75.4 Å². The summed E-state index contributed by atoms with van der Waals surface area (Å²) in [6, 6.07) is 3.88. The highest BCUT2D eigenvalue weighted by Crippen LogP contribution is 2.50. The van der Waals surface area contributed by atoms with Gasteiger partial charge in [-0.3, -0.25) is 18.8 Å². The average molecular weight is 659 g/mol. The lowest BCUT2D eigenvalue weighted by molar-refractivity contribution is 0.0684. The third kappa shape index (κ3) is 6.22. The first-order valence-corrected chi connectivity index (χ1v) is 15.0. The van der Waals surface area contributed by atoms with Crippen molar-refractivity contribution in [1.82, 2.24) is 15.2 Å². The van der Waals surface area contributed by atoms with Crippen LogP contribution in [0.15, 0.2) is 65.5 Å². The zero-order chi connectivity index (χ0) is 32.1. The molecular formula is C19H14N8O13S3. The van der Waals surface area contributed by atoms with Gasteiger partial charge in [0.25, 0.3) is 36.3 Å². The fourth-order valence-electron chi connectivity index (χ4n) is 3.46. The number of H-pyrrole nitrogens is 1. The quantitative estimate of drug-likeness (QED) is 0.0763. The number of hydrogen-bond donors (Lipinski definition) is 8. The smallest absolute Gasteiger partial charge is 0.373 e. The number of carboxylic acid groups (broad SMARTS) is 1. The number of nitrogens with zero attached hydrogens (tertiary/aromatic N) is 6. The van der Waals surface area contributed by atoms with Crippen molar-refractivity contribution in [2.45, 2.75) is 14.7 Å². The van der Waals surface area contributed by atoms with E-state index in [2.05, 4.69) is 30.5 Å². The number of nitrogens with one attached hydrogen (secondary N) is 1. The van der Waals surface area contributed by atoms with Crippen LogP contribution in [0, 0.1) is 0 Å². The maximum atomic E-state index is 12.1. The molecule has 9 N–H and O–H groups in total. The first kappa shape index (κ1) is 30.8. The maximum absolute atomic E-state index is 12.1. The van der Waals surface area contributed by atoms with E-state index in [0.717, 1.165) is 18.2 Å². The molecule has 0 spiro atoms. The van der Waals surface area contributed by atoms with Gasteiger partial charge in [0.15, 0.2) is 11.5 Å². The van der Waals surface area contributed by atoms with Crippen molar-refractivity contribution in [3.8, 4) is 11.5 Å². The van der Waals surface area contributed by atoms with Crippen molar-refractivity contribution in [3.05, 3.63) is 36.2 Å². The number of anilines is 1. The molecule has 1 aromatic heterocycles. The molecule has 43 heavy (non-hydrogen) atoms. The number of fused-ring (bicyclic) bond motifs is 1. The van der Waals surface area contributed by atoms with Crippen molar-refractivity contribution in [1.29, 1.82) is 0 Å². The molecule has 4 rings (SSSR count). The zero-order valence-corrected chi connectivity index (χ0v) is 22.9. The van der Waals surface area contributed by atoms with E-state index in [9.17, 15) is 53.9 Å². The number of phenols is 2. The van der Waals surface area contributed by atoms with E-state index in [-0.39, 0.29) is 5.69 Å². The first-order chi connectivity index (χ1) is 19.8. The molecule has 24 heteroatoms. The van der Waals surface area contributed by atoms with E-state index >= 15 is 0 Å². The molecule has 0 saturated carbocycles. The normalized spacial score (nSPS) is 12.9. The molecule has 4 aromatic rings. The van der Waals surface area contributed by atoms with Crippen LogP contribution in [0.1, 0.15) is 10.6 Å². The van der Waals surface area contributed by atoms with Gasteiger partial charge >= 0.3 is 5.97 Å². The second kappa shape index (κ2) is 10.6. The molecular weight excluding hydrogens is 644 g/mol. The number of azo groups is 2. The fraction of sp³-hybridized carbons (Fsp3) is 0. The molecule has 21 nitrogen and oxygen atoms in total. The molecule has 0 bridgehead atoms. The van der Waals surface area contributed by atoms with Gasteiger partial charge in [-0.25, -0.2) is 4.79 Å². The summed E-state index contributed by atoms with van der Waals surface area (Å²) in [5.41, 5.74) is 2.55. The Morgan fingerprint density at radius 1 is 0.767 bits per heavy atom. The van der Waals surface area contributed by atoms with Crippen LogP contribution in [0.25, 0.3) is 10.8 Å². The predicted molar refractivity (Wildman–Crippen MR) is 139 cm³/mol. The molecule has 0 aliphatic carbocycles. The largest absolute Gasteiger partial charge is 0.505 e. The van der Waals surface area contributed by atoms with Gasteiger partial charge in [-0.2, -0.15) is 30.2 Å². The number of phenolic OH excluding ortho intramolecular Hbond substituents is 2. The first-order valence-electron chi connectivity index (χ1n) is 10.7. The minimum atomic E-state index is -5.32. The highest BCUT2D eigenvalue weighted by Gasteiger charge is 2.29. The summed E-state index contributed by atoms with van der Waals surface area (Å²) in [7, 11) is -15.6. The summed E-state index contributed by atoms with van der Waals surface area (Å²) >= 11 is 0. The SMILES string of the molecule is Nc1ccc(N=Nc2c(S(=O)(=O)O)cc3cc(S(=O)(=O)O)c(N=Nc4n[nH]c(C(=O)O)n4)c(O)c3c2O)c(S(=O)(=O)O)c1. The summed E-state index contributed by atoms with van der Waals surface area (Å²) in [4.78, 5) is 11.0. The van der Waals surface area contributed by atoms with Gasteiger partial charge in [0, 0.05) is 5.69 Å². The number of carbonyl (C=O) groups is 1. The number of aromatic nitrogens is 3. The number of aromatic amines is 1. The Morgan fingerprint density at radius 3 is 1.74 bits per heavy atom. The number of rotatable bonds is 8. The van der Waals surface area contributed by atoms with Crippen LogP contribution in [-0.2, 0) is 30.4 Å². The van der Waals surface area contributed by atoms with Gasteiger partial charge in [-0.15, -0.1) is 25.6 Å². The van der Waals surface area contributed by atoms with Gasteiger partial charge in [-0.1, -0.05) is 0 Å². The Labute approximate surface area is 238 Å².